The van der Waals surface area contributed by atoms with Gasteiger partial charge in [-0.2, -0.15) is 0 Å². The number of rotatable bonds is 8. The molecule has 0 fully saturated rings. The summed E-state index contributed by atoms with van der Waals surface area (Å²) in [6.45, 7) is 4.56. The lowest BCUT2D eigenvalue weighted by Crippen LogP contribution is -2.40. The van der Waals surface area contributed by atoms with E-state index in [0.29, 0.717) is 6.61 Å². The Bertz CT molecular complexity index is 345. The number of aliphatic hydroxyl groups excluding tert-OH is 2. The first kappa shape index (κ1) is 16.1. The van der Waals surface area contributed by atoms with Crippen LogP contribution in [-0.2, 0) is 11.3 Å². The molecule has 4 unspecified atom stereocenters. The van der Waals surface area contributed by atoms with Crippen LogP contribution >= 0.6 is 0 Å². The second kappa shape index (κ2) is 8.27. The quantitative estimate of drug-likeness (QED) is 0.660. The normalized spacial score (nSPS) is 17.7. The van der Waals surface area contributed by atoms with E-state index in [0.717, 1.165) is 5.56 Å². The first-order chi connectivity index (χ1) is 9.06. The molecule has 0 aliphatic carbocycles. The molecule has 0 saturated carbocycles. The summed E-state index contributed by atoms with van der Waals surface area (Å²) in [5, 5.41) is 19.1. The van der Waals surface area contributed by atoms with Crippen LogP contribution in [0.2, 0.25) is 0 Å². The molecule has 0 aliphatic heterocycles. The minimum atomic E-state index is -0.573. The van der Waals surface area contributed by atoms with Gasteiger partial charge in [0.25, 0.3) is 0 Å². The van der Waals surface area contributed by atoms with Crippen molar-refractivity contribution < 1.29 is 14.9 Å². The Morgan fingerprint density at radius 2 is 1.79 bits per heavy atom. The lowest BCUT2D eigenvalue weighted by atomic mass is 9.86. The van der Waals surface area contributed by atoms with Crippen LogP contribution in [0.1, 0.15) is 19.4 Å². The molecule has 0 radical (unpaired) electrons. The van der Waals surface area contributed by atoms with Gasteiger partial charge in [0.2, 0.25) is 0 Å². The van der Waals surface area contributed by atoms with Gasteiger partial charge < -0.3 is 20.7 Å². The molecule has 1 aromatic carbocycles. The molecule has 0 spiro atoms. The van der Waals surface area contributed by atoms with E-state index in [1.807, 2.05) is 44.2 Å². The summed E-state index contributed by atoms with van der Waals surface area (Å²) in [5.41, 5.74) is 6.86. The van der Waals surface area contributed by atoms with Crippen LogP contribution in [0.25, 0.3) is 0 Å². The average Bonchev–Trinajstić information content (AvgIpc) is 2.45. The zero-order valence-corrected chi connectivity index (χ0v) is 11.7. The lowest BCUT2D eigenvalue weighted by Gasteiger charge is -2.28. The average molecular weight is 267 g/mol. The summed E-state index contributed by atoms with van der Waals surface area (Å²) < 4.78 is 5.51. The van der Waals surface area contributed by atoms with Crippen molar-refractivity contribution in [2.24, 2.45) is 17.6 Å². The highest BCUT2D eigenvalue weighted by Crippen LogP contribution is 2.18. The van der Waals surface area contributed by atoms with Crippen LogP contribution in [0.3, 0.4) is 0 Å². The van der Waals surface area contributed by atoms with Gasteiger partial charge in [-0.15, -0.1) is 0 Å². The molecule has 19 heavy (non-hydrogen) atoms. The maximum absolute atomic E-state index is 10.0. The molecular formula is C15H25NO3. The molecule has 4 atom stereocenters. The minimum Gasteiger partial charge on any atom is -0.395 e. The SMILES string of the molecule is CC(C(N)CO)C(C)C(O)COCc1ccccc1. The van der Waals surface area contributed by atoms with E-state index < -0.39 is 6.10 Å². The Hall–Kier alpha value is -0.940. The Labute approximate surface area is 115 Å². The smallest absolute Gasteiger partial charge is 0.0802 e. The van der Waals surface area contributed by atoms with Gasteiger partial charge in [0, 0.05) is 6.04 Å². The number of aliphatic hydroxyl groups is 2. The third kappa shape index (κ3) is 5.28. The lowest BCUT2D eigenvalue weighted by molar-refractivity contribution is -0.0153. The zero-order valence-electron chi connectivity index (χ0n) is 11.7. The van der Waals surface area contributed by atoms with Gasteiger partial charge in [0.05, 0.1) is 25.9 Å². The highest BCUT2D eigenvalue weighted by Gasteiger charge is 2.25. The van der Waals surface area contributed by atoms with E-state index in [-0.39, 0.29) is 31.1 Å². The number of ether oxygens (including phenoxy) is 1. The number of hydrogen-bond acceptors (Lipinski definition) is 4. The summed E-state index contributed by atoms with van der Waals surface area (Å²) in [6, 6.07) is 9.54. The molecule has 4 N–H and O–H groups in total. The predicted octanol–water partition coefficient (Wildman–Crippen LogP) is 1.16. The van der Waals surface area contributed by atoms with Gasteiger partial charge in [0.1, 0.15) is 0 Å². The fourth-order valence-corrected chi connectivity index (χ4v) is 1.93. The van der Waals surface area contributed by atoms with E-state index in [1.165, 1.54) is 0 Å². The van der Waals surface area contributed by atoms with E-state index in [9.17, 15) is 5.11 Å². The third-order valence-corrected chi connectivity index (χ3v) is 3.72. The first-order valence-electron chi connectivity index (χ1n) is 6.72. The zero-order chi connectivity index (χ0) is 14.3. The van der Waals surface area contributed by atoms with Crippen molar-refractivity contribution in [1.29, 1.82) is 0 Å². The Kier molecular flexibility index (Phi) is 7.02. The molecule has 0 aliphatic rings. The van der Waals surface area contributed by atoms with E-state index in [2.05, 4.69) is 0 Å². The van der Waals surface area contributed by atoms with Crippen molar-refractivity contribution in [3.63, 3.8) is 0 Å². The van der Waals surface area contributed by atoms with Crippen molar-refractivity contribution in [2.75, 3.05) is 13.2 Å². The van der Waals surface area contributed by atoms with Crippen molar-refractivity contribution in [1.82, 2.24) is 0 Å². The summed E-state index contributed by atoms with van der Waals surface area (Å²) >= 11 is 0. The topological polar surface area (TPSA) is 75.7 Å². The third-order valence-electron chi connectivity index (χ3n) is 3.72. The predicted molar refractivity (Wildman–Crippen MR) is 75.5 cm³/mol. The highest BCUT2D eigenvalue weighted by atomic mass is 16.5. The van der Waals surface area contributed by atoms with E-state index in [1.54, 1.807) is 0 Å². The van der Waals surface area contributed by atoms with Crippen LogP contribution in [-0.4, -0.2) is 35.6 Å². The van der Waals surface area contributed by atoms with Crippen LogP contribution in [0.5, 0.6) is 0 Å². The first-order valence-corrected chi connectivity index (χ1v) is 6.72. The molecule has 0 bridgehead atoms. The monoisotopic (exact) mass is 267 g/mol. The fraction of sp³-hybridized carbons (Fsp3) is 0.600. The number of benzene rings is 1. The van der Waals surface area contributed by atoms with Gasteiger partial charge in [-0.25, -0.2) is 0 Å². The Morgan fingerprint density at radius 1 is 1.16 bits per heavy atom. The largest absolute Gasteiger partial charge is 0.395 e. The molecule has 1 aromatic rings. The summed E-state index contributed by atoms with van der Waals surface area (Å²) in [4.78, 5) is 0. The molecule has 0 heterocycles. The second-order valence-electron chi connectivity index (χ2n) is 5.13. The van der Waals surface area contributed by atoms with Gasteiger partial charge in [-0.05, 0) is 17.4 Å². The van der Waals surface area contributed by atoms with Gasteiger partial charge >= 0.3 is 0 Å². The molecule has 0 saturated heterocycles. The molecule has 4 heteroatoms. The standard InChI is InChI=1S/C15H25NO3/c1-11(14(16)8-17)12(2)15(18)10-19-9-13-6-4-3-5-7-13/h3-7,11-12,14-15,17-18H,8-10,16H2,1-2H3. The maximum atomic E-state index is 10.0. The number of hydrogen-bond donors (Lipinski definition) is 3. The van der Waals surface area contributed by atoms with Crippen LogP contribution < -0.4 is 5.73 Å². The van der Waals surface area contributed by atoms with Gasteiger partial charge in [-0.1, -0.05) is 44.2 Å². The minimum absolute atomic E-state index is 0.0158. The summed E-state index contributed by atoms with van der Waals surface area (Å²) in [7, 11) is 0. The van der Waals surface area contributed by atoms with Crippen LogP contribution in [0.15, 0.2) is 30.3 Å². The van der Waals surface area contributed by atoms with Crippen molar-refractivity contribution in [3.05, 3.63) is 35.9 Å². The number of nitrogens with two attached hydrogens (primary N) is 1. The summed E-state index contributed by atoms with van der Waals surface area (Å²) in [6.07, 6.45) is -0.573. The van der Waals surface area contributed by atoms with Crippen molar-refractivity contribution >= 4 is 0 Å². The second-order valence-corrected chi connectivity index (χ2v) is 5.13. The van der Waals surface area contributed by atoms with Crippen LogP contribution in [0, 0.1) is 11.8 Å². The summed E-state index contributed by atoms with van der Waals surface area (Å²) in [5.74, 6) is 0.0262. The fourth-order valence-electron chi connectivity index (χ4n) is 1.93. The molecule has 4 nitrogen and oxygen atoms in total. The Balaban J connectivity index is 2.32. The van der Waals surface area contributed by atoms with Crippen LogP contribution in [0.4, 0.5) is 0 Å². The van der Waals surface area contributed by atoms with Gasteiger partial charge in [0.15, 0.2) is 0 Å². The van der Waals surface area contributed by atoms with E-state index >= 15 is 0 Å². The van der Waals surface area contributed by atoms with Crippen molar-refractivity contribution in [2.45, 2.75) is 32.6 Å². The highest BCUT2D eigenvalue weighted by molar-refractivity contribution is 5.13. The molecule has 108 valence electrons. The molecule has 0 amide bonds. The van der Waals surface area contributed by atoms with Crippen molar-refractivity contribution in [3.8, 4) is 0 Å². The van der Waals surface area contributed by atoms with Gasteiger partial charge in [-0.3, -0.25) is 0 Å². The molecular weight excluding hydrogens is 242 g/mol. The molecule has 1 rings (SSSR count). The Morgan fingerprint density at radius 3 is 2.37 bits per heavy atom. The maximum Gasteiger partial charge on any atom is 0.0802 e. The molecule has 0 aromatic heterocycles. The van der Waals surface area contributed by atoms with E-state index in [4.69, 9.17) is 15.6 Å².